The van der Waals surface area contributed by atoms with Gasteiger partial charge in [0.1, 0.15) is 5.82 Å². The number of aromatic nitrogens is 4. The van der Waals surface area contributed by atoms with Crippen LogP contribution >= 0.6 is 0 Å². The summed E-state index contributed by atoms with van der Waals surface area (Å²) in [4.78, 5) is 10.2. The second kappa shape index (κ2) is 13.8. The average Bonchev–Trinajstić information content (AvgIpc) is 3.83. The van der Waals surface area contributed by atoms with E-state index in [4.69, 9.17) is 9.97 Å². The van der Waals surface area contributed by atoms with Crippen LogP contribution in [0.5, 0.6) is 0 Å². The zero-order chi connectivity index (χ0) is 37.6. The quantitative estimate of drug-likeness (QED) is 0.116. The lowest BCUT2D eigenvalue weighted by Gasteiger charge is -2.15. The lowest BCUT2D eigenvalue weighted by Crippen LogP contribution is -1.99. The van der Waals surface area contributed by atoms with Crippen LogP contribution in [0.1, 0.15) is 12.6 Å². The van der Waals surface area contributed by atoms with Gasteiger partial charge in [-0.3, -0.25) is 0 Å². The average molecular weight is 719 g/mol. The number of allylic oxidation sites excluding steroid dienone is 2. The molecule has 7 aromatic carbocycles. The molecular formula is C52H38N4. The number of para-hydroxylation sites is 2. The molecule has 0 saturated carbocycles. The maximum Gasteiger partial charge on any atom is 0.140 e. The Morgan fingerprint density at radius 1 is 0.571 bits per heavy atom. The number of pyridine rings is 1. The summed E-state index contributed by atoms with van der Waals surface area (Å²) in [5.41, 5.74) is 13.4. The summed E-state index contributed by atoms with van der Waals surface area (Å²) in [6.07, 6.45) is 7.71. The number of rotatable bonds is 8. The van der Waals surface area contributed by atoms with E-state index in [0.29, 0.717) is 0 Å². The largest absolute Gasteiger partial charge is 0.325 e. The topological polar surface area (TPSA) is 35.6 Å². The number of benzene rings is 7. The minimum Gasteiger partial charge on any atom is -0.325 e. The number of imidazole rings is 1. The molecule has 0 bridgehead atoms. The first-order valence-electron chi connectivity index (χ1n) is 19.2. The Hall–Kier alpha value is -7.30. The molecule has 0 saturated heterocycles. The van der Waals surface area contributed by atoms with E-state index < -0.39 is 0 Å². The number of hydrogen-bond acceptors (Lipinski definition) is 2. The summed E-state index contributed by atoms with van der Waals surface area (Å²) in [6, 6.07) is 58.9. The molecular weight excluding hydrogens is 681 g/mol. The van der Waals surface area contributed by atoms with Gasteiger partial charge in [0.2, 0.25) is 0 Å². The molecule has 266 valence electrons. The Morgan fingerprint density at radius 2 is 1.25 bits per heavy atom. The van der Waals surface area contributed by atoms with Gasteiger partial charge < -0.3 is 9.13 Å². The molecule has 0 N–H and O–H groups in total. The Balaban J connectivity index is 1.12. The lowest BCUT2D eigenvalue weighted by atomic mass is 9.92. The van der Waals surface area contributed by atoms with E-state index in [1.54, 1.807) is 6.08 Å². The zero-order valence-electron chi connectivity index (χ0n) is 31.1. The van der Waals surface area contributed by atoms with Crippen LogP contribution in [0.15, 0.2) is 189 Å². The molecule has 4 heteroatoms. The first-order valence-corrected chi connectivity index (χ1v) is 19.2. The fourth-order valence-corrected chi connectivity index (χ4v) is 8.33. The highest BCUT2D eigenvalue weighted by molar-refractivity contribution is 6.22. The van der Waals surface area contributed by atoms with Crippen molar-refractivity contribution in [3.8, 4) is 50.6 Å². The van der Waals surface area contributed by atoms with Crippen LogP contribution in [-0.2, 0) is 6.54 Å². The van der Waals surface area contributed by atoms with Gasteiger partial charge >= 0.3 is 0 Å². The van der Waals surface area contributed by atoms with Crippen LogP contribution in [0.3, 0.4) is 0 Å². The number of fused-ring (bicyclic) bond motifs is 6. The summed E-state index contributed by atoms with van der Waals surface area (Å²) in [5, 5.41) is 5.94. The van der Waals surface area contributed by atoms with Gasteiger partial charge in [-0.15, -0.1) is 0 Å². The van der Waals surface area contributed by atoms with Crippen LogP contribution < -0.4 is 0 Å². The predicted molar refractivity (Wildman–Crippen MR) is 236 cm³/mol. The minimum absolute atomic E-state index is 0.837. The highest BCUT2D eigenvalue weighted by Gasteiger charge is 2.19. The molecule has 0 amide bonds. The Bertz CT molecular complexity index is 3090. The fourth-order valence-electron chi connectivity index (χ4n) is 8.33. The molecule has 10 aromatic rings. The lowest BCUT2D eigenvalue weighted by molar-refractivity contribution is 0.763. The Kier molecular flexibility index (Phi) is 8.23. The molecule has 10 rings (SSSR count). The van der Waals surface area contributed by atoms with E-state index in [-0.39, 0.29) is 0 Å². The van der Waals surface area contributed by atoms with Crippen molar-refractivity contribution in [3.05, 3.63) is 194 Å². The van der Waals surface area contributed by atoms with E-state index in [1.165, 1.54) is 38.3 Å². The van der Waals surface area contributed by atoms with Gasteiger partial charge in [0.25, 0.3) is 0 Å². The molecule has 0 spiro atoms. The third kappa shape index (κ3) is 5.54. The standard InChI is InChI=1S/C52H38N4/c1-3-5-17-41-34-53-52(55(41)4-2)39-30-26-36(27-31-39)35-24-28-37(29-25-35)42-21-14-22-47-50(42)45-32-44-43-20-12-13-23-48(43)56(40-18-10-7-11-19-40)49(44)33-46(45)51(54-47)38-15-8-6-9-16-38/h3,5-34H,1,4H2,2H3/b17-5-. The number of hydrogen-bond donors (Lipinski definition) is 0. The molecule has 4 nitrogen and oxygen atoms in total. The highest BCUT2D eigenvalue weighted by Crippen LogP contribution is 2.42. The molecule has 56 heavy (non-hydrogen) atoms. The van der Waals surface area contributed by atoms with E-state index in [1.807, 2.05) is 18.3 Å². The molecule has 0 fully saturated rings. The van der Waals surface area contributed by atoms with Crippen molar-refractivity contribution in [2.24, 2.45) is 0 Å². The van der Waals surface area contributed by atoms with Crippen LogP contribution in [0, 0.1) is 0 Å². The first-order chi connectivity index (χ1) is 27.7. The fraction of sp³-hybridized carbons (Fsp3) is 0.0385. The summed E-state index contributed by atoms with van der Waals surface area (Å²) >= 11 is 0. The van der Waals surface area contributed by atoms with E-state index in [9.17, 15) is 0 Å². The monoisotopic (exact) mass is 718 g/mol. The summed E-state index contributed by atoms with van der Waals surface area (Å²) in [5.74, 6) is 0.965. The van der Waals surface area contributed by atoms with Crippen molar-refractivity contribution in [2.75, 3.05) is 0 Å². The third-order valence-electron chi connectivity index (χ3n) is 11.0. The number of nitrogens with zero attached hydrogens (tertiary/aromatic N) is 4. The van der Waals surface area contributed by atoms with Crippen molar-refractivity contribution in [1.29, 1.82) is 0 Å². The first kappa shape index (κ1) is 33.3. The van der Waals surface area contributed by atoms with Crippen molar-refractivity contribution >= 4 is 49.6 Å². The van der Waals surface area contributed by atoms with Gasteiger partial charge in [0, 0.05) is 44.9 Å². The summed E-state index contributed by atoms with van der Waals surface area (Å²) < 4.78 is 4.61. The normalized spacial score (nSPS) is 11.7. The highest BCUT2D eigenvalue weighted by atomic mass is 15.1. The summed E-state index contributed by atoms with van der Waals surface area (Å²) in [7, 11) is 0. The van der Waals surface area contributed by atoms with Crippen molar-refractivity contribution in [3.63, 3.8) is 0 Å². The molecule has 3 heterocycles. The van der Waals surface area contributed by atoms with Crippen LogP contribution in [0.2, 0.25) is 0 Å². The van der Waals surface area contributed by atoms with Gasteiger partial charge in [-0.1, -0.05) is 146 Å². The predicted octanol–water partition coefficient (Wildman–Crippen LogP) is 13.6. The van der Waals surface area contributed by atoms with E-state index >= 15 is 0 Å². The van der Waals surface area contributed by atoms with Gasteiger partial charge in [0.05, 0.1) is 34.1 Å². The van der Waals surface area contributed by atoms with E-state index in [2.05, 4.69) is 186 Å². The SMILES string of the molecule is C=C/C=C\c1cnc(-c2ccc(-c3ccc(-c4cccc5nc(-c6ccccc6)c6cc7c(cc6c45)c4ccccc4n7-c4ccccc4)cc3)cc2)n1CC. The van der Waals surface area contributed by atoms with Crippen molar-refractivity contribution < 1.29 is 0 Å². The smallest absolute Gasteiger partial charge is 0.140 e. The Labute approximate surface area is 326 Å². The maximum atomic E-state index is 5.43. The van der Waals surface area contributed by atoms with Gasteiger partial charge in [-0.2, -0.15) is 0 Å². The zero-order valence-corrected chi connectivity index (χ0v) is 31.1. The van der Waals surface area contributed by atoms with Crippen molar-refractivity contribution in [2.45, 2.75) is 13.5 Å². The second-order valence-electron chi connectivity index (χ2n) is 14.1. The van der Waals surface area contributed by atoms with Crippen LogP contribution in [0.4, 0.5) is 0 Å². The van der Waals surface area contributed by atoms with E-state index in [0.717, 1.165) is 68.0 Å². The Morgan fingerprint density at radius 3 is 1.98 bits per heavy atom. The van der Waals surface area contributed by atoms with Crippen LogP contribution in [-0.4, -0.2) is 19.1 Å². The van der Waals surface area contributed by atoms with Gasteiger partial charge in [-0.25, -0.2) is 9.97 Å². The molecule has 0 unspecified atom stereocenters. The third-order valence-corrected chi connectivity index (χ3v) is 11.0. The molecule has 0 aliphatic rings. The van der Waals surface area contributed by atoms with Crippen molar-refractivity contribution in [1.82, 2.24) is 19.1 Å². The second-order valence-corrected chi connectivity index (χ2v) is 14.1. The molecule has 0 aliphatic heterocycles. The van der Waals surface area contributed by atoms with Gasteiger partial charge in [0.15, 0.2) is 0 Å². The molecule has 0 radical (unpaired) electrons. The maximum absolute atomic E-state index is 5.43. The molecule has 0 atom stereocenters. The minimum atomic E-state index is 0.837. The molecule has 0 aliphatic carbocycles. The van der Waals surface area contributed by atoms with Gasteiger partial charge in [-0.05, 0) is 77.0 Å². The summed E-state index contributed by atoms with van der Waals surface area (Å²) in [6.45, 7) is 6.79. The molecule has 3 aromatic heterocycles. The van der Waals surface area contributed by atoms with Crippen LogP contribution in [0.25, 0.3) is 100 Å².